The number of fused-ring (bicyclic) bond motifs is 3. The maximum atomic E-state index is 14.5. The van der Waals surface area contributed by atoms with Crippen LogP contribution in [0.2, 0.25) is 0 Å². The molecule has 0 aliphatic carbocycles. The number of benzene rings is 1. The summed E-state index contributed by atoms with van der Waals surface area (Å²) in [6.45, 7) is 0.273. The van der Waals surface area contributed by atoms with Crippen molar-refractivity contribution >= 4 is 5.97 Å². The number of aliphatic hydroxyl groups excluding tert-OH is 1. The summed E-state index contributed by atoms with van der Waals surface area (Å²) < 4.78 is 21.3. The molecule has 4 atom stereocenters. The van der Waals surface area contributed by atoms with Crippen LogP contribution in [0.3, 0.4) is 0 Å². The molecule has 2 aliphatic heterocycles. The van der Waals surface area contributed by atoms with E-state index in [9.17, 15) is 19.1 Å². The van der Waals surface area contributed by atoms with Gasteiger partial charge in [0.25, 0.3) is 5.56 Å². The van der Waals surface area contributed by atoms with Crippen molar-refractivity contribution in [2.24, 2.45) is 11.8 Å². The Kier molecular flexibility index (Phi) is 5.55. The van der Waals surface area contributed by atoms with Crippen LogP contribution >= 0.6 is 0 Å². The van der Waals surface area contributed by atoms with Gasteiger partial charge in [0.2, 0.25) is 0 Å². The molecule has 1 fully saturated rings. The number of hydrogen-bond acceptors (Lipinski definition) is 6. The zero-order chi connectivity index (χ0) is 23.1. The molecule has 0 radical (unpaired) electrons. The number of ether oxygens (including phenoxy) is 1. The smallest absolute Gasteiger partial charge is 0.323 e. The first-order chi connectivity index (χ1) is 16.0. The minimum Gasteiger partial charge on any atom is -0.468 e. The highest BCUT2D eigenvalue weighted by Crippen LogP contribution is 2.50. The third kappa shape index (κ3) is 3.46. The van der Waals surface area contributed by atoms with E-state index in [1.807, 2.05) is 17.0 Å². The predicted octanol–water partition coefficient (Wildman–Crippen LogP) is 2.39. The van der Waals surface area contributed by atoms with Crippen molar-refractivity contribution in [2.75, 3.05) is 13.7 Å². The first kappa shape index (κ1) is 21.5. The number of carbonyl (C=O) groups excluding carboxylic acids is 1. The molecular formula is C25H24FN3O4. The quantitative estimate of drug-likeness (QED) is 0.602. The highest BCUT2D eigenvalue weighted by molar-refractivity contribution is 5.77. The molecule has 1 aromatic carbocycles. The molecule has 3 aromatic rings. The maximum absolute atomic E-state index is 14.5. The van der Waals surface area contributed by atoms with Crippen LogP contribution in [0.15, 0.2) is 65.7 Å². The predicted molar refractivity (Wildman–Crippen MR) is 118 cm³/mol. The first-order valence-corrected chi connectivity index (χ1v) is 10.9. The number of nitrogens with zero attached hydrogens (tertiary/aromatic N) is 3. The van der Waals surface area contributed by atoms with Crippen LogP contribution in [0.4, 0.5) is 4.39 Å². The monoisotopic (exact) mass is 449 g/mol. The van der Waals surface area contributed by atoms with Crippen molar-refractivity contribution in [1.29, 1.82) is 0 Å². The Bertz CT molecular complexity index is 1250. The summed E-state index contributed by atoms with van der Waals surface area (Å²) in [5, 5.41) is 10.2. The van der Waals surface area contributed by atoms with Gasteiger partial charge in [0.15, 0.2) is 0 Å². The lowest BCUT2D eigenvalue weighted by Gasteiger charge is -2.30. The van der Waals surface area contributed by atoms with Gasteiger partial charge in [-0.3, -0.25) is 19.5 Å². The third-order valence-corrected chi connectivity index (χ3v) is 6.92. The number of rotatable bonds is 5. The number of methoxy groups -OCH3 is 1. The number of aromatic nitrogens is 2. The molecule has 8 heteroatoms. The zero-order valence-electron chi connectivity index (χ0n) is 18.1. The SMILES string of the molecule is COC(=O)[C@@H]1[C@@H](CO)[C@@H]2Cn3c(ccc(-c4cccnc4)c3=O)[C@@H]2N1Cc1ccccc1F. The van der Waals surface area contributed by atoms with Gasteiger partial charge in [-0.25, -0.2) is 4.39 Å². The van der Waals surface area contributed by atoms with E-state index < -0.39 is 17.9 Å². The van der Waals surface area contributed by atoms with Crippen molar-refractivity contribution < 1.29 is 19.0 Å². The van der Waals surface area contributed by atoms with Gasteiger partial charge in [-0.05, 0) is 24.3 Å². The molecule has 0 amide bonds. The summed E-state index contributed by atoms with van der Waals surface area (Å²) in [5.41, 5.74) is 2.31. The highest BCUT2D eigenvalue weighted by Gasteiger charge is 2.56. The lowest BCUT2D eigenvalue weighted by atomic mass is 9.88. The molecule has 2 aliphatic rings. The van der Waals surface area contributed by atoms with Crippen molar-refractivity contribution in [1.82, 2.24) is 14.5 Å². The molecule has 33 heavy (non-hydrogen) atoms. The molecule has 2 aromatic heterocycles. The van der Waals surface area contributed by atoms with Crippen molar-refractivity contribution in [3.05, 3.63) is 88.4 Å². The molecule has 7 nitrogen and oxygen atoms in total. The van der Waals surface area contributed by atoms with Crippen LogP contribution in [0.5, 0.6) is 0 Å². The van der Waals surface area contributed by atoms with Crippen LogP contribution < -0.4 is 5.56 Å². The molecule has 1 saturated heterocycles. The number of aliphatic hydroxyl groups is 1. The standard InChI is InChI=1S/C25H24FN3O4/c1-33-25(32)23-19(14-30)18-13-28-21(9-8-17(24(28)31)15-6-4-10-27-11-15)22(18)29(23)12-16-5-2-3-7-20(16)26/h2-11,18-19,22-23,30H,12-14H2,1H3/t18-,19-,22+,23-/m0/s1. The number of halogens is 1. The third-order valence-electron chi connectivity index (χ3n) is 6.92. The molecule has 0 spiro atoms. The molecule has 0 saturated carbocycles. The molecule has 0 unspecified atom stereocenters. The van der Waals surface area contributed by atoms with Gasteiger partial charge >= 0.3 is 5.97 Å². The van der Waals surface area contributed by atoms with E-state index in [4.69, 9.17) is 4.74 Å². The Balaban J connectivity index is 1.61. The molecule has 0 bridgehead atoms. The summed E-state index contributed by atoms with van der Waals surface area (Å²) in [4.78, 5) is 32.1. The largest absolute Gasteiger partial charge is 0.468 e. The van der Waals surface area contributed by atoms with E-state index in [1.165, 1.54) is 13.2 Å². The Morgan fingerprint density at radius 3 is 2.73 bits per heavy atom. The maximum Gasteiger partial charge on any atom is 0.323 e. The van der Waals surface area contributed by atoms with Crippen LogP contribution in [0.25, 0.3) is 11.1 Å². The fraction of sp³-hybridized carbons (Fsp3) is 0.320. The van der Waals surface area contributed by atoms with E-state index in [2.05, 4.69) is 4.98 Å². The van der Waals surface area contributed by atoms with Crippen molar-refractivity contribution in [3.8, 4) is 11.1 Å². The fourth-order valence-corrected chi connectivity index (χ4v) is 5.44. The Hall–Kier alpha value is -3.36. The van der Waals surface area contributed by atoms with Gasteiger partial charge in [-0.2, -0.15) is 0 Å². The normalized spacial score (nSPS) is 23.8. The Labute approximate surface area is 190 Å². The number of pyridine rings is 2. The van der Waals surface area contributed by atoms with Crippen LogP contribution in [-0.2, 0) is 22.6 Å². The second kappa shape index (κ2) is 8.53. The second-order valence-electron chi connectivity index (χ2n) is 8.52. The lowest BCUT2D eigenvalue weighted by molar-refractivity contribution is -0.148. The summed E-state index contributed by atoms with van der Waals surface area (Å²) in [6.07, 6.45) is 3.30. The molecule has 5 rings (SSSR count). The molecule has 1 N–H and O–H groups in total. The van der Waals surface area contributed by atoms with Gasteiger partial charge in [0.05, 0.1) is 13.2 Å². The van der Waals surface area contributed by atoms with E-state index in [-0.39, 0.29) is 36.5 Å². The van der Waals surface area contributed by atoms with Gasteiger partial charge < -0.3 is 14.4 Å². The molecule has 170 valence electrons. The van der Waals surface area contributed by atoms with Gasteiger partial charge in [-0.15, -0.1) is 0 Å². The van der Waals surface area contributed by atoms with Gasteiger partial charge in [0.1, 0.15) is 11.9 Å². The second-order valence-corrected chi connectivity index (χ2v) is 8.52. The van der Waals surface area contributed by atoms with Crippen LogP contribution in [0, 0.1) is 17.7 Å². The van der Waals surface area contributed by atoms with E-state index in [1.54, 1.807) is 47.3 Å². The fourth-order valence-electron chi connectivity index (χ4n) is 5.44. The van der Waals surface area contributed by atoms with Gasteiger partial charge in [0, 0.05) is 66.3 Å². The van der Waals surface area contributed by atoms with Crippen LogP contribution in [0.1, 0.15) is 17.3 Å². The summed E-state index contributed by atoms with van der Waals surface area (Å²) >= 11 is 0. The van der Waals surface area contributed by atoms with Crippen LogP contribution in [-0.4, -0.2) is 45.3 Å². The van der Waals surface area contributed by atoms with E-state index in [0.29, 0.717) is 17.7 Å². The molecule has 4 heterocycles. The lowest BCUT2D eigenvalue weighted by Crippen LogP contribution is -2.43. The summed E-state index contributed by atoms with van der Waals surface area (Å²) in [7, 11) is 1.31. The minimum atomic E-state index is -0.739. The average molecular weight is 449 g/mol. The Morgan fingerprint density at radius 1 is 1.21 bits per heavy atom. The molecular weight excluding hydrogens is 425 g/mol. The van der Waals surface area contributed by atoms with E-state index in [0.717, 1.165) is 11.3 Å². The first-order valence-electron chi connectivity index (χ1n) is 10.9. The number of esters is 1. The summed E-state index contributed by atoms with van der Waals surface area (Å²) in [6, 6.07) is 12.6. The Morgan fingerprint density at radius 2 is 2.03 bits per heavy atom. The van der Waals surface area contributed by atoms with Crippen molar-refractivity contribution in [3.63, 3.8) is 0 Å². The van der Waals surface area contributed by atoms with Gasteiger partial charge in [-0.1, -0.05) is 24.3 Å². The number of likely N-dealkylation sites (tertiary alicyclic amines) is 1. The number of hydrogen-bond donors (Lipinski definition) is 1. The minimum absolute atomic E-state index is 0.146. The number of carbonyl (C=O) groups is 1. The van der Waals surface area contributed by atoms with Crippen molar-refractivity contribution in [2.45, 2.75) is 25.2 Å². The topological polar surface area (TPSA) is 84.7 Å². The average Bonchev–Trinajstić information content (AvgIpc) is 3.36. The van der Waals surface area contributed by atoms with E-state index >= 15 is 0 Å². The zero-order valence-corrected chi connectivity index (χ0v) is 18.1. The summed E-state index contributed by atoms with van der Waals surface area (Å²) in [5.74, 6) is -1.48. The highest BCUT2D eigenvalue weighted by atomic mass is 19.1.